The summed E-state index contributed by atoms with van der Waals surface area (Å²) in [4.78, 5) is 19.5. The molecule has 2 aromatic rings. The topological polar surface area (TPSA) is 57.8 Å². The number of aliphatic hydroxyl groups is 1. The summed E-state index contributed by atoms with van der Waals surface area (Å²) in [5.74, 6) is 0.151. The van der Waals surface area contributed by atoms with E-state index in [4.69, 9.17) is 0 Å². The van der Waals surface area contributed by atoms with Crippen LogP contribution in [0.1, 0.15) is 43.4 Å². The van der Waals surface area contributed by atoms with Crippen LogP contribution in [0.5, 0.6) is 0 Å². The number of aromatic nitrogens is 2. The van der Waals surface area contributed by atoms with Crippen molar-refractivity contribution in [3.63, 3.8) is 0 Å². The third kappa shape index (κ3) is 2.43. The first-order chi connectivity index (χ1) is 11.1. The van der Waals surface area contributed by atoms with E-state index in [1.165, 1.54) is 0 Å². The van der Waals surface area contributed by atoms with Gasteiger partial charge >= 0.3 is 0 Å². The average molecular weight is 313 g/mol. The lowest BCUT2D eigenvalue weighted by Gasteiger charge is -2.54. The van der Waals surface area contributed by atoms with E-state index in [9.17, 15) is 9.90 Å². The Balaban J connectivity index is 1.55. The van der Waals surface area contributed by atoms with Crippen molar-refractivity contribution in [2.24, 2.45) is 0 Å². The van der Waals surface area contributed by atoms with E-state index in [1.54, 1.807) is 0 Å². The van der Waals surface area contributed by atoms with Gasteiger partial charge < -0.3 is 14.4 Å². The predicted molar refractivity (Wildman–Crippen MR) is 87.2 cm³/mol. The molecular weight excluding hydrogens is 290 g/mol. The molecule has 0 aromatic carbocycles. The molecule has 1 N–H and O–H groups in total. The van der Waals surface area contributed by atoms with Crippen LogP contribution in [-0.2, 0) is 11.2 Å². The Kier molecular flexibility index (Phi) is 3.41. The van der Waals surface area contributed by atoms with Gasteiger partial charge in [0.1, 0.15) is 5.65 Å². The molecule has 2 fully saturated rings. The molecule has 1 unspecified atom stereocenters. The Labute approximate surface area is 135 Å². The van der Waals surface area contributed by atoms with Gasteiger partial charge in [-0.1, -0.05) is 6.07 Å². The molecule has 1 amide bonds. The van der Waals surface area contributed by atoms with Crippen molar-refractivity contribution in [1.29, 1.82) is 0 Å². The van der Waals surface area contributed by atoms with E-state index in [1.807, 2.05) is 40.8 Å². The van der Waals surface area contributed by atoms with Gasteiger partial charge in [-0.05, 0) is 50.7 Å². The molecule has 3 heterocycles. The summed E-state index contributed by atoms with van der Waals surface area (Å²) in [6.45, 7) is 2.70. The molecule has 122 valence electrons. The number of amides is 1. The van der Waals surface area contributed by atoms with E-state index in [0.29, 0.717) is 19.4 Å². The minimum atomic E-state index is -0.253. The molecule has 4 rings (SSSR count). The molecule has 1 spiro atoms. The maximum absolute atomic E-state index is 12.8. The summed E-state index contributed by atoms with van der Waals surface area (Å²) >= 11 is 0. The second-order valence-corrected chi connectivity index (χ2v) is 7.10. The number of piperidine rings is 1. The Morgan fingerprint density at radius 2 is 2.30 bits per heavy atom. The first-order valence-corrected chi connectivity index (χ1v) is 8.49. The second-order valence-electron chi connectivity index (χ2n) is 7.10. The Hall–Kier alpha value is -1.88. The summed E-state index contributed by atoms with van der Waals surface area (Å²) in [6, 6.07) is 4.02. The lowest BCUT2D eigenvalue weighted by atomic mass is 9.69. The molecule has 1 saturated heterocycles. The van der Waals surface area contributed by atoms with Crippen molar-refractivity contribution in [2.75, 3.05) is 6.54 Å². The van der Waals surface area contributed by atoms with Gasteiger partial charge in [0.25, 0.3) is 0 Å². The van der Waals surface area contributed by atoms with Crippen LogP contribution in [0.4, 0.5) is 0 Å². The maximum Gasteiger partial charge on any atom is 0.229 e. The molecule has 0 bridgehead atoms. The molecule has 1 saturated carbocycles. The third-order valence-corrected chi connectivity index (χ3v) is 5.52. The fourth-order valence-corrected chi connectivity index (χ4v) is 4.15. The number of fused-ring (bicyclic) bond motifs is 1. The fraction of sp³-hybridized carbons (Fsp3) is 0.556. The van der Waals surface area contributed by atoms with E-state index >= 15 is 0 Å². The number of carbonyl (C=O) groups excluding carboxylic acids is 1. The molecule has 1 aliphatic carbocycles. The molecular formula is C18H23N3O2. The minimum absolute atomic E-state index is 0.0795. The van der Waals surface area contributed by atoms with Crippen LogP contribution >= 0.6 is 0 Å². The first kappa shape index (κ1) is 14.7. The van der Waals surface area contributed by atoms with E-state index in [2.05, 4.69) is 4.98 Å². The predicted octanol–water partition coefficient (Wildman–Crippen LogP) is 2.09. The van der Waals surface area contributed by atoms with Crippen LogP contribution in [0.2, 0.25) is 0 Å². The summed E-state index contributed by atoms with van der Waals surface area (Å²) in [5, 5.41) is 9.97. The molecule has 2 aromatic heterocycles. The highest BCUT2D eigenvalue weighted by Crippen LogP contribution is 2.44. The molecule has 2 aliphatic rings. The monoisotopic (exact) mass is 313 g/mol. The van der Waals surface area contributed by atoms with Crippen molar-refractivity contribution in [2.45, 2.75) is 57.1 Å². The zero-order chi connectivity index (χ0) is 16.0. The van der Waals surface area contributed by atoms with E-state index < -0.39 is 0 Å². The van der Waals surface area contributed by atoms with Crippen LogP contribution < -0.4 is 0 Å². The molecule has 1 aliphatic heterocycles. The fourth-order valence-electron chi connectivity index (χ4n) is 4.15. The van der Waals surface area contributed by atoms with Crippen LogP contribution in [0.25, 0.3) is 5.65 Å². The zero-order valence-electron chi connectivity index (χ0n) is 13.5. The third-order valence-electron chi connectivity index (χ3n) is 5.52. The van der Waals surface area contributed by atoms with E-state index in [0.717, 1.165) is 42.6 Å². The van der Waals surface area contributed by atoms with Gasteiger partial charge in [-0.25, -0.2) is 4.98 Å². The number of carbonyl (C=O) groups is 1. The average Bonchev–Trinajstić information content (AvgIpc) is 2.89. The van der Waals surface area contributed by atoms with Crippen molar-refractivity contribution >= 4 is 11.6 Å². The summed E-state index contributed by atoms with van der Waals surface area (Å²) < 4.78 is 1.98. The van der Waals surface area contributed by atoms with Crippen LogP contribution in [0.15, 0.2) is 24.5 Å². The van der Waals surface area contributed by atoms with Gasteiger partial charge in [-0.15, -0.1) is 0 Å². The quantitative estimate of drug-likeness (QED) is 0.923. The smallest absolute Gasteiger partial charge is 0.229 e. The van der Waals surface area contributed by atoms with Crippen molar-refractivity contribution < 1.29 is 9.90 Å². The number of pyridine rings is 1. The second kappa shape index (κ2) is 5.34. The molecule has 5 heteroatoms. The Morgan fingerprint density at radius 3 is 3.00 bits per heavy atom. The van der Waals surface area contributed by atoms with Gasteiger partial charge in [-0.2, -0.15) is 0 Å². The SMILES string of the molecule is Cc1cccn2cc(CC(=O)N3CCC(O)CC34CCC4)nc12. The van der Waals surface area contributed by atoms with Crippen molar-refractivity contribution in [3.05, 3.63) is 35.8 Å². The Morgan fingerprint density at radius 1 is 1.48 bits per heavy atom. The summed E-state index contributed by atoms with van der Waals surface area (Å²) in [6.07, 6.45) is 8.65. The number of rotatable bonds is 2. The largest absolute Gasteiger partial charge is 0.393 e. The molecule has 0 radical (unpaired) electrons. The minimum Gasteiger partial charge on any atom is -0.393 e. The number of aliphatic hydroxyl groups excluding tert-OH is 1. The number of aryl methyl sites for hydroxylation is 1. The van der Waals surface area contributed by atoms with Gasteiger partial charge in [-0.3, -0.25) is 4.79 Å². The number of imidazole rings is 1. The number of nitrogens with zero attached hydrogens (tertiary/aromatic N) is 3. The molecule has 1 atom stereocenters. The van der Waals surface area contributed by atoms with Gasteiger partial charge in [0.2, 0.25) is 5.91 Å². The highest BCUT2D eigenvalue weighted by atomic mass is 16.3. The first-order valence-electron chi connectivity index (χ1n) is 8.49. The van der Waals surface area contributed by atoms with Gasteiger partial charge in [0, 0.05) is 24.5 Å². The van der Waals surface area contributed by atoms with Crippen molar-refractivity contribution in [3.8, 4) is 0 Å². The van der Waals surface area contributed by atoms with Crippen LogP contribution in [0, 0.1) is 6.92 Å². The van der Waals surface area contributed by atoms with E-state index in [-0.39, 0.29) is 17.6 Å². The summed E-state index contributed by atoms with van der Waals surface area (Å²) in [7, 11) is 0. The molecule has 23 heavy (non-hydrogen) atoms. The van der Waals surface area contributed by atoms with Crippen LogP contribution in [-0.4, -0.2) is 43.5 Å². The maximum atomic E-state index is 12.8. The lowest BCUT2D eigenvalue weighted by molar-refractivity contribution is -0.148. The number of hydrogen-bond donors (Lipinski definition) is 1. The lowest BCUT2D eigenvalue weighted by Crippen LogP contribution is -2.61. The number of hydrogen-bond acceptors (Lipinski definition) is 3. The Bertz CT molecular complexity index is 748. The van der Waals surface area contributed by atoms with Gasteiger partial charge in [0.05, 0.1) is 18.2 Å². The zero-order valence-corrected chi connectivity index (χ0v) is 13.5. The van der Waals surface area contributed by atoms with Gasteiger partial charge in [0.15, 0.2) is 0 Å². The summed E-state index contributed by atoms with van der Waals surface area (Å²) in [5.41, 5.74) is 2.78. The normalized spacial score (nSPS) is 23.2. The van der Waals surface area contributed by atoms with Crippen molar-refractivity contribution in [1.82, 2.24) is 14.3 Å². The van der Waals surface area contributed by atoms with Crippen LogP contribution in [0.3, 0.4) is 0 Å². The number of likely N-dealkylation sites (tertiary alicyclic amines) is 1. The highest BCUT2D eigenvalue weighted by Gasteiger charge is 2.48. The molecule has 5 nitrogen and oxygen atoms in total. The standard InChI is InChI=1S/C18H23N3O2/c1-13-4-2-8-20-12-14(19-17(13)20)10-16(23)21-9-5-15(22)11-18(21)6-3-7-18/h2,4,8,12,15,22H,3,5-7,9-11H2,1H3. The highest BCUT2D eigenvalue weighted by molar-refractivity contribution is 5.79.